The number of aliphatic hydroxyl groups is 3. The van der Waals surface area contributed by atoms with Crippen molar-refractivity contribution >= 4 is 5.97 Å². The zero-order chi connectivity index (χ0) is 26.0. The normalized spacial score (nSPS) is 23.9. The van der Waals surface area contributed by atoms with E-state index < -0.39 is 30.1 Å². The number of rotatable bonds is 12. The molecule has 3 N–H and O–H groups in total. The van der Waals surface area contributed by atoms with Gasteiger partial charge in [-0.1, -0.05) is 30.4 Å². The third-order valence-corrected chi connectivity index (χ3v) is 5.75. The zero-order valence-electron chi connectivity index (χ0n) is 20.0. The lowest BCUT2D eigenvalue weighted by Gasteiger charge is -2.19. The van der Waals surface area contributed by atoms with E-state index in [9.17, 15) is 33.3 Å². The lowest BCUT2D eigenvalue weighted by molar-refractivity contribution is -0.147. The third kappa shape index (κ3) is 10.0. The molecule has 0 aliphatic heterocycles. The van der Waals surface area contributed by atoms with Crippen LogP contribution in [0.15, 0.2) is 48.6 Å². The van der Waals surface area contributed by atoms with Crippen LogP contribution in [0.25, 0.3) is 0 Å². The van der Waals surface area contributed by atoms with Crippen molar-refractivity contribution in [2.45, 2.75) is 76.5 Å². The topological polar surface area (TPSA) is 96.2 Å². The van der Waals surface area contributed by atoms with Gasteiger partial charge in [0.2, 0.25) is 0 Å². The van der Waals surface area contributed by atoms with Gasteiger partial charge in [0, 0.05) is 18.8 Å². The first-order valence-corrected chi connectivity index (χ1v) is 11.8. The lowest BCUT2D eigenvalue weighted by atomic mass is 9.89. The first-order chi connectivity index (χ1) is 16.5. The van der Waals surface area contributed by atoms with E-state index >= 15 is 0 Å². The third-order valence-electron chi connectivity index (χ3n) is 5.75. The molecule has 0 heterocycles. The van der Waals surface area contributed by atoms with Crippen molar-refractivity contribution in [3.63, 3.8) is 0 Å². The summed E-state index contributed by atoms with van der Waals surface area (Å²) in [4.78, 5) is 11.5. The Hall–Kier alpha value is -2.36. The van der Waals surface area contributed by atoms with Crippen LogP contribution in [0.1, 0.15) is 51.5 Å². The highest BCUT2D eigenvalue weighted by molar-refractivity contribution is 5.69. The minimum atomic E-state index is -4.49. The van der Waals surface area contributed by atoms with Crippen LogP contribution >= 0.6 is 0 Å². The van der Waals surface area contributed by atoms with Gasteiger partial charge in [-0.3, -0.25) is 4.79 Å². The van der Waals surface area contributed by atoms with E-state index in [1.165, 1.54) is 18.2 Å². The number of esters is 1. The molecule has 1 unspecified atom stereocenters. The molecule has 1 saturated carbocycles. The van der Waals surface area contributed by atoms with Crippen molar-refractivity contribution in [3.8, 4) is 5.75 Å². The second-order valence-corrected chi connectivity index (χ2v) is 9.04. The van der Waals surface area contributed by atoms with Gasteiger partial charge in [-0.15, -0.1) is 0 Å². The smallest absolute Gasteiger partial charge is 0.416 e. The molecule has 1 aliphatic rings. The van der Waals surface area contributed by atoms with E-state index in [0.717, 1.165) is 12.1 Å². The molecule has 196 valence electrons. The van der Waals surface area contributed by atoms with E-state index in [1.54, 1.807) is 19.9 Å². The van der Waals surface area contributed by atoms with Gasteiger partial charge in [0.1, 0.15) is 18.5 Å². The number of alkyl halides is 3. The number of ether oxygens (including phenoxy) is 2. The number of hydrogen-bond donors (Lipinski definition) is 3. The predicted octanol–water partition coefficient (Wildman–Crippen LogP) is 4.43. The first-order valence-electron chi connectivity index (χ1n) is 11.8. The van der Waals surface area contributed by atoms with Crippen molar-refractivity contribution in [3.05, 3.63) is 54.1 Å². The molecule has 2 rings (SSSR count). The Morgan fingerprint density at radius 1 is 1.20 bits per heavy atom. The molecule has 0 amide bonds. The van der Waals surface area contributed by atoms with E-state index in [0.29, 0.717) is 25.7 Å². The van der Waals surface area contributed by atoms with Crippen LogP contribution in [0.3, 0.4) is 0 Å². The Bertz CT molecular complexity index is 852. The molecule has 0 aromatic heterocycles. The monoisotopic (exact) mass is 500 g/mol. The average molecular weight is 501 g/mol. The fraction of sp³-hybridized carbons (Fsp3) is 0.577. The molecule has 1 aliphatic carbocycles. The van der Waals surface area contributed by atoms with Gasteiger partial charge in [-0.25, -0.2) is 0 Å². The highest BCUT2D eigenvalue weighted by Crippen LogP contribution is 2.36. The Morgan fingerprint density at radius 2 is 1.94 bits per heavy atom. The van der Waals surface area contributed by atoms with Gasteiger partial charge in [0.15, 0.2) is 0 Å². The summed E-state index contributed by atoms with van der Waals surface area (Å²) < 4.78 is 48.8. The lowest BCUT2D eigenvalue weighted by Crippen LogP contribution is -2.21. The Balaban J connectivity index is 1.82. The molecule has 0 bridgehead atoms. The summed E-state index contributed by atoms with van der Waals surface area (Å²) in [5, 5.41) is 30.8. The van der Waals surface area contributed by atoms with Crippen molar-refractivity contribution in [1.82, 2.24) is 0 Å². The molecule has 0 radical (unpaired) electrons. The first kappa shape index (κ1) is 28.9. The summed E-state index contributed by atoms with van der Waals surface area (Å²) in [6.07, 6.45) is 2.09. The van der Waals surface area contributed by atoms with Crippen molar-refractivity contribution in [1.29, 1.82) is 0 Å². The second-order valence-electron chi connectivity index (χ2n) is 9.04. The molecule has 1 fully saturated rings. The summed E-state index contributed by atoms with van der Waals surface area (Å²) in [5.41, 5.74) is -0.838. The Kier molecular flexibility index (Phi) is 11.3. The number of carbonyl (C=O) groups excluding carboxylic acids is 1. The number of benzene rings is 1. The van der Waals surface area contributed by atoms with E-state index in [-0.39, 0.29) is 42.7 Å². The van der Waals surface area contributed by atoms with Gasteiger partial charge < -0.3 is 24.8 Å². The van der Waals surface area contributed by atoms with Crippen molar-refractivity contribution in [2.24, 2.45) is 11.8 Å². The molecular weight excluding hydrogens is 465 g/mol. The van der Waals surface area contributed by atoms with Crippen LogP contribution in [0.4, 0.5) is 13.2 Å². The second kappa shape index (κ2) is 13.7. The molecule has 9 heteroatoms. The number of aliphatic hydroxyl groups excluding tert-OH is 3. The highest BCUT2D eigenvalue weighted by Gasteiger charge is 2.39. The van der Waals surface area contributed by atoms with Crippen LogP contribution < -0.4 is 4.74 Å². The number of halogens is 3. The molecule has 0 spiro atoms. The molecule has 0 saturated heterocycles. The number of allylic oxidation sites excluding steroid dienone is 2. The quantitative estimate of drug-likeness (QED) is 0.223. The van der Waals surface area contributed by atoms with Gasteiger partial charge in [-0.2, -0.15) is 13.2 Å². The maximum atomic E-state index is 12.8. The minimum Gasteiger partial charge on any atom is -0.491 e. The van der Waals surface area contributed by atoms with Crippen molar-refractivity contribution in [2.75, 3.05) is 6.61 Å². The maximum absolute atomic E-state index is 12.8. The summed E-state index contributed by atoms with van der Waals surface area (Å²) in [6.45, 7) is 3.34. The van der Waals surface area contributed by atoms with Gasteiger partial charge in [0.25, 0.3) is 0 Å². The Morgan fingerprint density at radius 3 is 2.63 bits per heavy atom. The minimum absolute atomic E-state index is 0.0101. The van der Waals surface area contributed by atoms with Crippen molar-refractivity contribution < 1.29 is 42.8 Å². The fourth-order valence-corrected chi connectivity index (χ4v) is 4.02. The molecule has 1 aromatic carbocycles. The largest absolute Gasteiger partial charge is 0.491 e. The van der Waals surface area contributed by atoms with Crippen LogP contribution in [-0.2, 0) is 15.7 Å². The molecule has 1 aromatic rings. The molecule has 5 atom stereocenters. The fourth-order valence-electron chi connectivity index (χ4n) is 4.02. The number of carbonyl (C=O) groups is 1. The molecule has 6 nitrogen and oxygen atoms in total. The summed E-state index contributed by atoms with van der Waals surface area (Å²) in [5.74, 6) is -0.883. The van der Waals surface area contributed by atoms with Crippen LogP contribution in [-0.4, -0.2) is 52.3 Å². The van der Waals surface area contributed by atoms with Crippen LogP contribution in [0, 0.1) is 11.8 Å². The number of hydrogen-bond acceptors (Lipinski definition) is 6. The number of unbranched alkanes of at least 4 members (excludes halogenated alkanes) is 1. The Labute approximate surface area is 204 Å². The van der Waals surface area contributed by atoms with Gasteiger partial charge in [-0.05, 0) is 57.2 Å². The summed E-state index contributed by atoms with van der Waals surface area (Å²) in [6, 6.07) is 4.40. The van der Waals surface area contributed by atoms with E-state index in [4.69, 9.17) is 9.47 Å². The standard InChI is InChI=1S/C26H35F3O6/c1-17(2)35-25(33)11-6-4-3-5-10-21-22(24(32)15-23(21)31)13-12-19(30)16-34-20-9-7-8-18(14-20)26(27,28)29/h3,5,7-9,12-14,17,19,21-24,30-32H,4,6,10-11,15-16H2,1-2H3/b5-3-,13-12+/t19-,21-,22-,23+,24?/m1/s1. The SMILES string of the molecule is CC(C)OC(=O)CCC/C=C\C[C@H]1[C@@H](O)CC(O)[C@@H]1/C=C/[C@@H](O)COc1cccc(C(F)(F)F)c1. The van der Waals surface area contributed by atoms with Gasteiger partial charge in [0.05, 0.1) is 23.9 Å². The zero-order valence-corrected chi connectivity index (χ0v) is 20.0. The van der Waals surface area contributed by atoms with Gasteiger partial charge >= 0.3 is 12.1 Å². The van der Waals surface area contributed by atoms with E-state index in [1.807, 2.05) is 12.2 Å². The average Bonchev–Trinajstić information content (AvgIpc) is 3.04. The van der Waals surface area contributed by atoms with Crippen LogP contribution in [0.5, 0.6) is 5.75 Å². The van der Waals surface area contributed by atoms with Crippen LogP contribution in [0.2, 0.25) is 0 Å². The van der Waals surface area contributed by atoms with E-state index in [2.05, 4.69) is 0 Å². The summed E-state index contributed by atoms with van der Waals surface area (Å²) in [7, 11) is 0. The summed E-state index contributed by atoms with van der Waals surface area (Å²) >= 11 is 0. The highest BCUT2D eigenvalue weighted by atomic mass is 19.4. The molecule has 35 heavy (non-hydrogen) atoms. The maximum Gasteiger partial charge on any atom is 0.416 e. The molecular formula is C26H35F3O6. The predicted molar refractivity (Wildman–Crippen MR) is 125 cm³/mol.